The topological polar surface area (TPSA) is 131 Å². The second-order valence-electron chi connectivity index (χ2n) is 2.46. The molecular formula is C6H7BrN6O2. The normalized spacial score (nSPS) is 9.67. The molecule has 80 valence electrons. The van der Waals surface area contributed by atoms with Gasteiger partial charge in [0.15, 0.2) is 0 Å². The summed E-state index contributed by atoms with van der Waals surface area (Å²) in [6, 6.07) is 0. The fourth-order valence-electron chi connectivity index (χ4n) is 0.889. The molecule has 1 aromatic rings. The number of hydrogen-bond acceptors (Lipinski definition) is 7. The van der Waals surface area contributed by atoms with E-state index in [1.54, 1.807) is 0 Å². The molecule has 0 bridgehead atoms. The molecule has 0 saturated heterocycles. The minimum Gasteiger partial charge on any atom is -0.383 e. The molecule has 9 heteroatoms. The van der Waals surface area contributed by atoms with Gasteiger partial charge in [0.05, 0.1) is 5.56 Å². The number of anilines is 2. The van der Waals surface area contributed by atoms with Crippen LogP contribution in [-0.4, -0.2) is 26.2 Å². The second kappa shape index (κ2) is 4.64. The van der Waals surface area contributed by atoms with Crippen LogP contribution in [0.5, 0.6) is 0 Å². The van der Waals surface area contributed by atoms with Crippen LogP contribution in [-0.2, 0) is 0 Å². The van der Waals surface area contributed by atoms with Gasteiger partial charge in [-0.05, 0) is 15.9 Å². The van der Waals surface area contributed by atoms with Crippen LogP contribution >= 0.6 is 15.9 Å². The van der Waals surface area contributed by atoms with E-state index in [0.29, 0.717) is 0 Å². The third kappa shape index (κ3) is 2.84. The van der Waals surface area contributed by atoms with Gasteiger partial charge in [0, 0.05) is 4.92 Å². The molecule has 8 nitrogen and oxygen atoms in total. The van der Waals surface area contributed by atoms with Gasteiger partial charge in [-0.3, -0.25) is 15.5 Å². The maximum atomic E-state index is 10.1. The zero-order chi connectivity index (χ0) is 11.4. The van der Waals surface area contributed by atoms with Crippen molar-refractivity contribution >= 4 is 32.2 Å². The largest absolute Gasteiger partial charge is 0.383 e. The van der Waals surface area contributed by atoms with Gasteiger partial charge in [-0.1, -0.05) is 0 Å². The minimum absolute atomic E-state index is 0.0357. The van der Waals surface area contributed by atoms with Crippen LogP contribution in [0, 0.1) is 15.5 Å². The highest BCUT2D eigenvalue weighted by molar-refractivity contribution is 9.18. The maximum Gasteiger partial charge on any atom is 0.276 e. The summed E-state index contributed by atoms with van der Waals surface area (Å²) in [5.74, 6) is 0.235. The predicted molar refractivity (Wildman–Crippen MR) is 57.7 cm³/mol. The third-order valence-corrected chi connectivity index (χ3v) is 1.87. The summed E-state index contributed by atoms with van der Waals surface area (Å²) in [4.78, 5) is 17.0. The van der Waals surface area contributed by atoms with Gasteiger partial charge in [-0.15, -0.1) is 0 Å². The Hall–Kier alpha value is -1.77. The molecule has 1 rings (SSSR count). The summed E-state index contributed by atoms with van der Waals surface area (Å²) >= 11 is 2.90. The van der Waals surface area contributed by atoms with Gasteiger partial charge in [-0.2, -0.15) is 0 Å². The second-order valence-corrected chi connectivity index (χ2v) is 3.26. The Bertz CT molecular complexity index is 409. The summed E-state index contributed by atoms with van der Waals surface area (Å²) in [5.41, 5.74) is 5.70. The average molecular weight is 275 g/mol. The van der Waals surface area contributed by atoms with Crippen molar-refractivity contribution in [2.24, 2.45) is 0 Å². The highest BCUT2D eigenvalue weighted by atomic mass is 79.9. The summed E-state index contributed by atoms with van der Waals surface area (Å²) in [7, 11) is 0. The molecule has 0 atom stereocenters. The van der Waals surface area contributed by atoms with E-state index in [2.05, 4.69) is 31.2 Å². The standard InChI is InChI=1S/C6H7BrN6O2/c7-4(8)3-5(9)10-1-11-6(3)12-2-13(14)15/h1,8H,2H2,(H3,9,10,11,12). The van der Waals surface area contributed by atoms with Crippen molar-refractivity contribution in [1.82, 2.24) is 9.97 Å². The molecule has 0 fully saturated rings. The lowest BCUT2D eigenvalue weighted by Gasteiger charge is -2.07. The number of nitrogens with one attached hydrogen (secondary N) is 2. The summed E-state index contributed by atoms with van der Waals surface area (Å²) < 4.78 is -0.0357. The first-order valence-corrected chi connectivity index (χ1v) is 4.52. The smallest absolute Gasteiger partial charge is 0.276 e. The number of aromatic nitrogens is 2. The SMILES string of the molecule is N=C(Br)c1c(N)ncnc1NC[N+](=O)[O-]. The lowest BCUT2D eigenvalue weighted by atomic mass is 10.3. The zero-order valence-electron chi connectivity index (χ0n) is 7.40. The fourth-order valence-corrected chi connectivity index (χ4v) is 1.28. The Morgan fingerprint density at radius 1 is 1.73 bits per heavy atom. The summed E-state index contributed by atoms with van der Waals surface area (Å²) in [5, 5.41) is 19.9. The van der Waals surface area contributed by atoms with Crippen LogP contribution < -0.4 is 11.1 Å². The predicted octanol–water partition coefficient (Wildman–Crippen LogP) is 0.425. The van der Waals surface area contributed by atoms with Crippen molar-refractivity contribution in [2.75, 3.05) is 17.7 Å². The van der Waals surface area contributed by atoms with Gasteiger partial charge in [0.2, 0.25) is 0 Å². The Labute approximate surface area is 92.7 Å². The highest BCUT2D eigenvalue weighted by Crippen LogP contribution is 2.19. The zero-order valence-corrected chi connectivity index (χ0v) is 8.98. The van der Waals surface area contributed by atoms with Gasteiger partial charge in [0.1, 0.15) is 22.6 Å². The van der Waals surface area contributed by atoms with Gasteiger partial charge >= 0.3 is 0 Å². The first-order chi connectivity index (χ1) is 7.02. The molecule has 0 saturated carbocycles. The van der Waals surface area contributed by atoms with Crippen molar-refractivity contribution in [2.45, 2.75) is 0 Å². The van der Waals surface area contributed by atoms with E-state index in [-0.39, 0.29) is 21.8 Å². The van der Waals surface area contributed by atoms with E-state index in [0.717, 1.165) is 6.33 Å². The molecule has 0 amide bonds. The number of nitrogens with zero attached hydrogens (tertiary/aromatic N) is 3. The molecule has 15 heavy (non-hydrogen) atoms. The van der Waals surface area contributed by atoms with Gasteiger partial charge in [-0.25, -0.2) is 9.97 Å². The van der Waals surface area contributed by atoms with Crippen LogP contribution in [0.4, 0.5) is 11.6 Å². The molecular weight excluding hydrogens is 268 g/mol. The number of nitrogen functional groups attached to an aromatic ring is 1. The Kier molecular flexibility index (Phi) is 3.50. The van der Waals surface area contributed by atoms with Crippen molar-refractivity contribution in [3.8, 4) is 0 Å². The first kappa shape index (κ1) is 11.3. The Morgan fingerprint density at radius 3 is 2.93 bits per heavy atom. The molecule has 0 aliphatic rings. The van der Waals surface area contributed by atoms with Gasteiger partial charge in [0.25, 0.3) is 6.67 Å². The van der Waals surface area contributed by atoms with Crippen LogP contribution in [0.1, 0.15) is 5.56 Å². The van der Waals surface area contributed by atoms with Crippen molar-refractivity contribution in [3.05, 3.63) is 22.0 Å². The first-order valence-electron chi connectivity index (χ1n) is 3.73. The summed E-state index contributed by atoms with van der Waals surface area (Å²) in [6.07, 6.45) is 1.16. The number of nitro groups is 1. The lowest BCUT2D eigenvalue weighted by Crippen LogP contribution is -2.16. The van der Waals surface area contributed by atoms with Gasteiger partial charge < -0.3 is 11.1 Å². The molecule has 1 aromatic heterocycles. The monoisotopic (exact) mass is 274 g/mol. The molecule has 1 heterocycles. The van der Waals surface area contributed by atoms with Crippen molar-refractivity contribution < 1.29 is 4.92 Å². The number of rotatable bonds is 4. The number of nitrogens with two attached hydrogens (primary N) is 1. The van der Waals surface area contributed by atoms with E-state index in [1.165, 1.54) is 0 Å². The summed E-state index contributed by atoms with van der Waals surface area (Å²) in [6.45, 7) is -0.496. The molecule has 0 aromatic carbocycles. The minimum atomic E-state index is -0.556. The van der Waals surface area contributed by atoms with Crippen LogP contribution in [0.25, 0.3) is 0 Å². The van der Waals surface area contributed by atoms with E-state index >= 15 is 0 Å². The van der Waals surface area contributed by atoms with Crippen molar-refractivity contribution in [3.63, 3.8) is 0 Å². The maximum absolute atomic E-state index is 10.1. The number of hydrogen-bond donors (Lipinski definition) is 3. The van der Waals surface area contributed by atoms with E-state index in [4.69, 9.17) is 11.1 Å². The van der Waals surface area contributed by atoms with Crippen LogP contribution in [0.2, 0.25) is 0 Å². The molecule has 0 radical (unpaired) electrons. The lowest BCUT2D eigenvalue weighted by molar-refractivity contribution is -0.473. The Balaban J connectivity index is 3.01. The molecule has 0 aliphatic carbocycles. The fraction of sp³-hybridized carbons (Fsp3) is 0.167. The van der Waals surface area contributed by atoms with Crippen LogP contribution in [0.15, 0.2) is 6.33 Å². The quantitative estimate of drug-likeness (QED) is 0.316. The average Bonchev–Trinajstić information content (AvgIpc) is 2.13. The molecule has 0 spiro atoms. The molecule has 4 N–H and O–H groups in total. The van der Waals surface area contributed by atoms with E-state index < -0.39 is 11.6 Å². The number of halogens is 1. The highest BCUT2D eigenvalue weighted by Gasteiger charge is 2.13. The third-order valence-electron chi connectivity index (χ3n) is 1.47. The van der Waals surface area contributed by atoms with E-state index in [9.17, 15) is 10.1 Å². The van der Waals surface area contributed by atoms with Crippen molar-refractivity contribution in [1.29, 1.82) is 5.41 Å². The molecule has 0 aliphatic heterocycles. The molecule has 0 unspecified atom stereocenters. The Morgan fingerprint density at radius 2 is 2.40 bits per heavy atom. The van der Waals surface area contributed by atoms with Crippen LogP contribution in [0.3, 0.4) is 0 Å². The van der Waals surface area contributed by atoms with E-state index in [1.807, 2.05) is 0 Å².